The number of nitrogens with zero attached hydrogens (tertiary/aromatic N) is 2. The number of thiazole rings is 1. The quantitative estimate of drug-likeness (QED) is 0.445. The molecule has 3 aromatic heterocycles. The molecule has 0 bridgehead atoms. The molecule has 0 radical (unpaired) electrons. The van der Waals surface area contributed by atoms with Crippen LogP contribution in [0, 0.1) is 6.92 Å². The third-order valence-corrected chi connectivity index (χ3v) is 5.38. The van der Waals surface area contributed by atoms with Crippen LogP contribution in [0.25, 0.3) is 5.69 Å². The number of halogens is 1. The molecule has 9 heteroatoms. The molecule has 1 aromatic carbocycles. The first-order chi connectivity index (χ1) is 14.5. The van der Waals surface area contributed by atoms with Crippen LogP contribution in [0.15, 0.2) is 64.9 Å². The second-order valence-electron chi connectivity index (χ2n) is 6.47. The van der Waals surface area contributed by atoms with E-state index in [0.29, 0.717) is 32.9 Å². The molecule has 0 atom stereocenters. The van der Waals surface area contributed by atoms with Crippen molar-refractivity contribution in [1.82, 2.24) is 9.55 Å². The van der Waals surface area contributed by atoms with Gasteiger partial charge in [-0.3, -0.25) is 14.9 Å². The molecule has 3 heterocycles. The largest absolute Gasteiger partial charge is 0.469 e. The van der Waals surface area contributed by atoms with Crippen molar-refractivity contribution in [2.45, 2.75) is 13.3 Å². The number of aryl methyl sites for hydroxylation is 1. The Kier molecular flexibility index (Phi) is 5.69. The van der Waals surface area contributed by atoms with E-state index in [0.717, 1.165) is 5.69 Å². The second kappa shape index (κ2) is 8.56. The molecule has 152 valence electrons. The van der Waals surface area contributed by atoms with E-state index in [9.17, 15) is 9.59 Å². The predicted molar refractivity (Wildman–Crippen MR) is 117 cm³/mol. The molecular formula is C21H17ClN4O3S. The van der Waals surface area contributed by atoms with Gasteiger partial charge in [0, 0.05) is 22.8 Å². The Bertz CT molecular complexity index is 1200. The summed E-state index contributed by atoms with van der Waals surface area (Å²) in [5, 5.41) is 8.36. The summed E-state index contributed by atoms with van der Waals surface area (Å²) in [6.07, 6.45) is 5.28. The molecule has 0 saturated heterocycles. The molecule has 2 N–H and O–H groups in total. The van der Waals surface area contributed by atoms with Crippen molar-refractivity contribution in [3.05, 3.63) is 82.5 Å². The third kappa shape index (κ3) is 4.45. The normalized spacial score (nSPS) is 10.7. The highest BCUT2D eigenvalue weighted by atomic mass is 35.5. The summed E-state index contributed by atoms with van der Waals surface area (Å²) in [4.78, 5) is 29.1. The molecule has 0 spiro atoms. The first-order valence-corrected chi connectivity index (χ1v) is 10.3. The fourth-order valence-corrected chi connectivity index (χ4v) is 3.78. The highest BCUT2D eigenvalue weighted by molar-refractivity contribution is 7.14. The van der Waals surface area contributed by atoms with E-state index in [1.54, 1.807) is 36.6 Å². The number of hydrogen-bond acceptors (Lipinski definition) is 5. The summed E-state index contributed by atoms with van der Waals surface area (Å²) in [6, 6.07) is 10.6. The van der Waals surface area contributed by atoms with Gasteiger partial charge in [-0.1, -0.05) is 11.6 Å². The minimum absolute atomic E-state index is 0.0743. The van der Waals surface area contributed by atoms with Crippen LogP contribution in [-0.4, -0.2) is 21.4 Å². The summed E-state index contributed by atoms with van der Waals surface area (Å²) >= 11 is 7.37. The zero-order valence-corrected chi connectivity index (χ0v) is 17.5. The molecule has 30 heavy (non-hydrogen) atoms. The van der Waals surface area contributed by atoms with E-state index in [2.05, 4.69) is 15.6 Å². The topological polar surface area (TPSA) is 89.2 Å². The number of amides is 2. The molecule has 4 rings (SSSR count). The number of anilines is 2. The summed E-state index contributed by atoms with van der Waals surface area (Å²) in [5.41, 5.74) is 2.42. The van der Waals surface area contributed by atoms with E-state index in [-0.39, 0.29) is 18.2 Å². The Morgan fingerprint density at radius 1 is 1.20 bits per heavy atom. The fourth-order valence-electron chi connectivity index (χ4n) is 2.91. The number of carbonyl (C=O) groups is 2. The zero-order chi connectivity index (χ0) is 21.1. The van der Waals surface area contributed by atoms with Crippen LogP contribution < -0.4 is 10.6 Å². The van der Waals surface area contributed by atoms with Crippen LogP contribution in [-0.2, 0) is 11.2 Å². The number of aromatic nitrogens is 2. The van der Waals surface area contributed by atoms with Gasteiger partial charge in [0.25, 0.3) is 5.91 Å². The Morgan fingerprint density at radius 2 is 2.00 bits per heavy atom. The van der Waals surface area contributed by atoms with Crippen molar-refractivity contribution in [1.29, 1.82) is 0 Å². The minimum Gasteiger partial charge on any atom is -0.469 e. The van der Waals surface area contributed by atoms with Gasteiger partial charge < -0.3 is 14.3 Å². The third-order valence-electron chi connectivity index (χ3n) is 4.33. The van der Waals surface area contributed by atoms with Gasteiger partial charge >= 0.3 is 0 Å². The van der Waals surface area contributed by atoms with Crippen molar-refractivity contribution in [2.24, 2.45) is 0 Å². The summed E-state index contributed by atoms with van der Waals surface area (Å²) < 4.78 is 7.01. The van der Waals surface area contributed by atoms with Crippen molar-refractivity contribution in [3.8, 4) is 5.69 Å². The first-order valence-electron chi connectivity index (χ1n) is 9.02. The van der Waals surface area contributed by atoms with Crippen molar-refractivity contribution >= 4 is 45.6 Å². The van der Waals surface area contributed by atoms with Crippen molar-refractivity contribution < 1.29 is 14.0 Å². The Hall–Kier alpha value is -3.36. The number of carbonyl (C=O) groups excluding carboxylic acids is 2. The minimum atomic E-state index is -0.302. The van der Waals surface area contributed by atoms with Gasteiger partial charge in [-0.2, -0.15) is 0 Å². The number of nitrogens with one attached hydrogen (secondary N) is 2. The molecule has 0 unspecified atom stereocenters. The maximum Gasteiger partial charge on any atom is 0.260 e. The number of rotatable bonds is 6. The fraction of sp³-hybridized carbons (Fsp3) is 0.0952. The molecule has 0 aliphatic rings. The van der Waals surface area contributed by atoms with E-state index < -0.39 is 0 Å². The molecule has 2 amide bonds. The van der Waals surface area contributed by atoms with E-state index in [1.807, 2.05) is 29.1 Å². The van der Waals surface area contributed by atoms with Gasteiger partial charge in [-0.15, -0.1) is 11.3 Å². The van der Waals surface area contributed by atoms with E-state index >= 15 is 0 Å². The summed E-state index contributed by atoms with van der Waals surface area (Å²) in [6.45, 7) is 1.71. The molecule has 4 aromatic rings. The first kappa shape index (κ1) is 19.9. The summed E-state index contributed by atoms with van der Waals surface area (Å²) in [5.74, 6) is 0.00818. The number of furan rings is 1. The van der Waals surface area contributed by atoms with Crippen molar-refractivity contribution in [2.75, 3.05) is 10.6 Å². The highest BCUT2D eigenvalue weighted by Gasteiger charge is 2.15. The van der Waals surface area contributed by atoms with Crippen LogP contribution in [0.4, 0.5) is 10.8 Å². The maximum atomic E-state index is 12.6. The lowest BCUT2D eigenvalue weighted by molar-refractivity contribution is -0.115. The smallest absolute Gasteiger partial charge is 0.260 e. The van der Waals surface area contributed by atoms with Crippen LogP contribution >= 0.6 is 22.9 Å². The van der Waals surface area contributed by atoms with E-state index in [1.165, 1.54) is 17.6 Å². The second-order valence-corrected chi connectivity index (χ2v) is 7.76. The van der Waals surface area contributed by atoms with Gasteiger partial charge in [0.1, 0.15) is 5.76 Å². The monoisotopic (exact) mass is 440 g/mol. The average molecular weight is 441 g/mol. The highest BCUT2D eigenvalue weighted by Crippen LogP contribution is 2.25. The van der Waals surface area contributed by atoms with Gasteiger partial charge in [0.15, 0.2) is 5.13 Å². The Balaban J connectivity index is 1.42. The molecule has 0 fully saturated rings. The Labute approximate surface area is 181 Å². The average Bonchev–Trinajstić information content (AvgIpc) is 3.45. The molecule has 7 nitrogen and oxygen atoms in total. The number of benzene rings is 1. The lowest BCUT2D eigenvalue weighted by atomic mass is 10.2. The van der Waals surface area contributed by atoms with Gasteiger partial charge in [-0.05, 0) is 43.3 Å². The SMILES string of the molecule is Cc1occc1C(=O)Nc1nc(CC(=O)Nc2ccc(Cl)cc2-n2cccc2)cs1. The molecule has 0 saturated carbocycles. The lowest BCUT2D eigenvalue weighted by Gasteiger charge is -2.12. The molecule has 0 aliphatic heterocycles. The van der Waals surface area contributed by atoms with Crippen LogP contribution in [0.1, 0.15) is 21.8 Å². The van der Waals surface area contributed by atoms with Crippen LogP contribution in [0.3, 0.4) is 0 Å². The van der Waals surface area contributed by atoms with Gasteiger partial charge in [0.05, 0.1) is 35.3 Å². The standard InChI is InChI=1S/C21H17ClN4O3S/c1-13-16(6-9-29-13)20(28)25-21-23-15(12-30-21)11-19(27)24-17-5-4-14(22)10-18(17)26-7-2-3-8-26/h2-10,12H,11H2,1H3,(H,24,27)(H,23,25,28). The summed E-state index contributed by atoms with van der Waals surface area (Å²) in [7, 11) is 0. The predicted octanol–water partition coefficient (Wildman–Crippen LogP) is 4.92. The number of hydrogen-bond donors (Lipinski definition) is 2. The molecule has 0 aliphatic carbocycles. The lowest BCUT2D eigenvalue weighted by Crippen LogP contribution is -2.16. The van der Waals surface area contributed by atoms with Crippen molar-refractivity contribution in [3.63, 3.8) is 0 Å². The van der Waals surface area contributed by atoms with Gasteiger partial charge in [0.2, 0.25) is 5.91 Å². The van der Waals surface area contributed by atoms with Crippen LogP contribution in [0.2, 0.25) is 5.02 Å². The molecular weight excluding hydrogens is 424 g/mol. The van der Waals surface area contributed by atoms with E-state index in [4.69, 9.17) is 16.0 Å². The maximum absolute atomic E-state index is 12.6. The zero-order valence-electron chi connectivity index (χ0n) is 15.9. The Morgan fingerprint density at radius 3 is 2.73 bits per heavy atom. The van der Waals surface area contributed by atoms with Crippen LogP contribution in [0.5, 0.6) is 0 Å². The van der Waals surface area contributed by atoms with Gasteiger partial charge in [-0.25, -0.2) is 4.98 Å².